The molecule has 162 valence electrons. The molecule has 7 nitrogen and oxygen atoms in total. The Bertz CT molecular complexity index is 1320. The quantitative estimate of drug-likeness (QED) is 0.242. The van der Waals surface area contributed by atoms with Gasteiger partial charge in [-0.2, -0.15) is 18.3 Å². The Hall–Kier alpha value is -3.79. The standard InChI is InChI=1S/C21H13ClF3N5O2/c1-12(13-6-8-26-9-7-13)29-32-20(31)17-11-19-27-16(14-2-4-15(22)5-3-14)10-18(21(23,24)25)30(19)28-17/h2-11H,1H3. The predicted octanol–water partition coefficient (Wildman–Crippen LogP) is 5.04. The largest absolute Gasteiger partial charge is 0.433 e. The second-order valence-corrected chi connectivity index (χ2v) is 7.06. The fraction of sp³-hybridized carbons (Fsp3) is 0.0952. The molecule has 0 aliphatic carbocycles. The second kappa shape index (κ2) is 8.39. The van der Waals surface area contributed by atoms with Crippen LogP contribution in [0.3, 0.4) is 0 Å². The average Bonchev–Trinajstić information content (AvgIpc) is 3.21. The highest BCUT2D eigenvalue weighted by molar-refractivity contribution is 6.30. The maximum absolute atomic E-state index is 13.7. The van der Waals surface area contributed by atoms with Crippen molar-refractivity contribution in [3.8, 4) is 11.3 Å². The van der Waals surface area contributed by atoms with E-state index in [9.17, 15) is 18.0 Å². The highest BCUT2D eigenvalue weighted by Gasteiger charge is 2.35. The summed E-state index contributed by atoms with van der Waals surface area (Å²) in [5.41, 5.74) is -0.129. The number of pyridine rings is 1. The normalized spacial score (nSPS) is 12.2. The van der Waals surface area contributed by atoms with Crippen LogP contribution in [0.25, 0.3) is 16.9 Å². The first-order valence-electron chi connectivity index (χ1n) is 9.12. The number of rotatable bonds is 4. The lowest BCUT2D eigenvalue weighted by Gasteiger charge is -2.11. The molecule has 32 heavy (non-hydrogen) atoms. The van der Waals surface area contributed by atoms with Crippen LogP contribution in [0.5, 0.6) is 0 Å². The number of oxime groups is 1. The zero-order chi connectivity index (χ0) is 22.9. The monoisotopic (exact) mass is 459 g/mol. The van der Waals surface area contributed by atoms with E-state index in [1.807, 2.05) is 0 Å². The van der Waals surface area contributed by atoms with E-state index >= 15 is 0 Å². The van der Waals surface area contributed by atoms with Crippen LogP contribution in [0, 0.1) is 0 Å². The van der Waals surface area contributed by atoms with Crippen molar-refractivity contribution in [3.05, 3.63) is 82.9 Å². The van der Waals surface area contributed by atoms with Gasteiger partial charge in [0.25, 0.3) is 0 Å². The van der Waals surface area contributed by atoms with E-state index in [2.05, 4.69) is 20.2 Å². The van der Waals surface area contributed by atoms with Gasteiger partial charge in [-0.1, -0.05) is 28.9 Å². The Balaban J connectivity index is 1.71. The lowest BCUT2D eigenvalue weighted by atomic mass is 10.1. The zero-order valence-electron chi connectivity index (χ0n) is 16.3. The summed E-state index contributed by atoms with van der Waals surface area (Å²) in [7, 11) is 0. The number of benzene rings is 1. The molecule has 0 radical (unpaired) electrons. The van der Waals surface area contributed by atoms with Crippen LogP contribution >= 0.6 is 11.6 Å². The van der Waals surface area contributed by atoms with E-state index in [1.165, 1.54) is 0 Å². The van der Waals surface area contributed by atoms with Crippen LogP contribution in [-0.4, -0.2) is 31.3 Å². The van der Waals surface area contributed by atoms with Gasteiger partial charge in [-0.05, 0) is 37.3 Å². The Kier molecular flexibility index (Phi) is 5.62. The molecule has 3 heterocycles. The van der Waals surface area contributed by atoms with Gasteiger partial charge in [0.05, 0.1) is 11.4 Å². The van der Waals surface area contributed by atoms with E-state index in [1.54, 1.807) is 55.7 Å². The van der Waals surface area contributed by atoms with Crippen LogP contribution in [-0.2, 0) is 11.0 Å². The molecule has 4 rings (SSSR count). The second-order valence-electron chi connectivity index (χ2n) is 6.62. The van der Waals surface area contributed by atoms with Gasteiger partial charge in [-0.3, -0.25) is 4.98 Å². The van der Waals surface area contributed by atoms with Crippen LogP contribution in [0.1, 0.15) is 28.7 Å². The van der Waals surface area contributed by atoms with E-state index < -0.39 is 17.8 Å². The van der Waals surface area contributed by atoms with Gasteiger partial charge in [0, 0.05) is 34.6 Å². The third kappa shape index (κ3) is 4.45. The van der Waals surface area contributed by atoms with E-state index in [0.717, 1.165) is 12.1 Å². The SMILES string of the molecule is CC(=NOC(=O)c1cc2nc(-c3ccc(Cl)cc3)cc(C(F)(F)F)n2n1)c1ccncc1. The van der Waals surface area contributed by atoms with Crippen molar-refractivity contribution >= 4 is 28.9 Å². The van der Waals surface area contributed by atoms with E-state index in [0.29, 0.717) is 26.4 Å². The summed E-state index contributed by atoms with van der Waals surface area (Å²) in [5.74, 6) is -1.02. The minimum atomic E-state index is -4.74. The first kappa shape index (κ1) is 21.4. The van der Waals surface area contributed by atoms with Crippen molar-refractivity contribution in [2.75, 3.05) is 0 Å². The van der Waals surface area contributed by atoms with Crippen LogP contribution in [0.4, 0.5) is 13.2 Å². The highest BCUT2D eigenvalue weighted by atomic mass is 35.5. The Labute approximate surface area is 184 Å². The minimum Gasteiger partial charge on any atom is -0.311 e. The maximum atomic E-state index is 13.7. The van der Waals surface area contributed by atoms with Crippen molar-refractivity contribution in [2.24, 2.45) is 5.16 Å². The molecular weight excluding hydrogens is 447 g/mol. The summed E-state index contributed by atoms with van der Waals surface area (Å²) in [5, 5.41) is 7.89. The number of hydrogen-bond donors (Lipinski definition) is 0. The van der Waals surface area contributed by atoms with Crippen LogP contribution < -0.4 is 0 Å². The minimum absolute atomic E-state index is 0.0489. The van der Waals surface area contributed by atoms with Gasteiger partial charge < -0.3 is 4.84 Å². The number of hydrogen-bond acceptors (Lipinski definition) is 6. The summed E-state index contributed by atoms with van der Waals surface area (Å²) in [6.45, 7) is 1.61. The summed E-state index contributed by atoms with van der Waals surface area (Å²) in [6, 6.07) is 11.5. The Morgan fingerprint density at radius 3 is 2.44 bits per heavy atom. The van der Waals surface area contributed by atoms with Crippen molar-refractivity contribution < 1.29 is 22.8 Å². The molecule has 11 heteroatoms. The van der Waals surface area contributed by atoms with Crippen LogP contribution in [0.2, 0.25) is 5.02 Å². The molecule has 0 N–H and O–H groups in total. The number of carbonyl (C=O) groups excluding carboxylic acids is 1. The van der Waals surface area contributed by atoms with Gasteiger partial charge in [-0.25, -0.2) is 14.3 Å². The van der Waals surface area contributed by atoms with Crippen molar-refractivity contribution in [2.45, 2.75) is 13.1 Å². The third-order valence-electron chi connectivity index (χ3n) is 4.43. The lowest BCUT2D eigenvalue weighted by molar-refractivity contribution is -0.142. The molecule has 0 amide bonds. The highest BCUT2D eigenvalue weighted by Crippen LogP contribution is 2.32. The smallest absolute Gasteiger partial charge is 0.311 e. The van der Waals surface area contributed by atoms with Gasteiger partial charge in [0.2, 0.25) is 0 Å². The molecule has 0 atom stereocenters. The predicted molar refractivity (Wildman–Crippen MR) is 110 cm³/mol. The van der Waals surface area contributed by atoms with Gasteiger partial charge in [0.15, 0.2) is 17.0 Å². The Morgan fingerprint density at radius 2 is 1.78 bits per heavy atom. The van der Waals surface area contributed by atoms with Crippen molar-refractivity contribution in [1.29, 1.82) is 0 Å². The average molecular weight is 460 g/mol. The number of aromatic nitrogens is 4. The summed E-state index contributed by atoms with van der Waals surface area (Å²) in [6.07, 6.45) is -1.66. The molecule has 1 aromatic carbocycles. The van der Waals surface area contributed by atoms with Crippen LogP contribution in [0.15, 0.2) is 66.1 Å². The molecular formula is C21H13ClF3N5O2. The molecule has 0 aliphatic heterocycles. The third-order valence-corrected chi connectivity index (χ3v) is 4.68. The first-order chi connectivity index (χ1) is 15.2. The molecule has 3 aromatic heterocycles. The van der Waals surface area contributed by atoms with Crippen molar-refractivity contribution in [3.63, 3.8) is 0 Å². The number of nitrogens with zero attached hydrogens (tertiary/aromatic N) is 5. The molecule has 0 unspecified atom stereocenters. The first-order valence-corrected chi connectivity index (χ1v) is 9.50. The van der Waals surface area contributed by atoms with E-state index in [-0.39, 0.29) is 17.0 Å². The summed E-state index contributed by atoms with van der Waals surface area (Å²) < 4.78 is 41.6. The molecule has 0 spiro atoms. The summed E-state index contributed by atoms with van der Waals surface area (Å²) >= 11 is 5.85. The molecule has 0 fully saturated rings. The fourth-order valence-electron chi connectivity index (χ4n) is 2.85. The molecule has 0 bridgehead atoms. The number of carbonyl (C=O) groups is 1. The molecule has 0 saturated carbocycles. The van der Waals surface area contributed by atoms with Gasteiger partial charge >= 0.3 is 12.1 Å². The molecule has 0 saturated heterocycles. The number of halogens is 4. The van der Waals surface area contributed by atoms with E-state index in [4.69, 9.17) is 16.4 Å². The topological polar surface area (TPSA) is 81.7 Å². The van der Waals surface area contributed by atoms with Gasteiger partial charge in [-0.15, -0.1) is 0 Å². The van der Waals surface area contributed by atoms with Crippen molar-refractivity contribution in [1.82, 2.24) is 19.6 Å². The van der Waals surface area contributed by atoms with Gasteiger partial charge in [0.1, 0.15) is 0 Å². The Morgan fingerprint density at radius 1 is 1.09 bits per heavy atom. The number of fused-ring (bicyclic) bond motifs is 1. The lowest BCUT2D eigenvalue weighted by Crippen LogP contribution is -2.14. The molecule has 4 aromatic rings. The fourth-order valence-corrected chi connectivity index (χ4v) is 2.97. The maximum Gasteiger partial charge on any atom is 0.433 e. The number of alkyl halides is 3. The molecule has 0 aliphatic rings. The zero-order valence-corrected chi connectivity index (χ0v) is 17.1. The summed E-state index contributed by atoms with van der Waals surface area (Å²) in [4.78, 5) is 25.3.